The lowest BCUT2D eigenvalue weighted by Crippen LogP contribution is -2.56. The minimum atomic E-state index is -2.11. The van der Waals surface area contributed by atoms with E-state index in [9.17, 15) is 9.59 Å². The number of rotatable bonds is 7. The average molecular weight is 347 g/mol. The highest BCUT2D eigenvalue weighted by atomic mass is 28.3. The summed E-state index contributed by atoms with van der Waals surface area (Å²) in [6, 6.07) is 12.5. The lowest BCUT2D eigenvalue weighted by atomic mass is 9.86. The Morgan fingerprint density at radius 3 is 1.88 bits per heavy atom. The second kappa shape index (κ2) is 7.09. The van der Waals surface area contributed by atoms with Crippen molar-refractivity contribution in [3.63, 3.8) is 0 Å². The van der Waals surface area contributed by atoms with E-state index in [2.05, 4.69) is 20.8 Å². The van der Waals surface area contributed by atoms with Crippen LogP contribution >= 0.6 is 0 Å². The van der Waals surface area contributed by atoms with Crippen LogP contribution in [0.5, 0.6) is 0 Å². The zero-order valence-corrected chi connectivity index (χ0v) is 16.6. The lowest BCUT2D eigenvalue weighted by Gasteiger charge is -2.36. The van der Waals surface area contributed by atoms with Gasteiger partial charge in [0.05, 0.1) is 0 Å². The van der Waals surface area contributed by atoms with Gasteiger partial charge in [0, 0.05) is 6.54 Å². The van der Waals surface area contributed by atoms with Gasteiger partial charge in [-0.3, -0.25) is 9.36 Å². The molecule has 1 fully saturated rings. The van der Waals surface area contributed by atoms with E-state index in [1.54, 1.807) is 9.47 Å². The highest BCUT2D eigenvalue weighted by Gasteiger charge is 2.61. The summed E-state index contributed by atoms with van der Waals surface area (Å²) in [4.78, 5) is 28.7. The number of urea groups is 1. The summed E-state index contributed by atoms with van der Waals surface area (Å²) in [5.74, 6) is 0.000247. The van der Waals surface area contributed by atoms with Crippen molar-refractivity contribution in [2.45, 2.75) is 64.7 Å². The molecule has 1 aromatic rings. The molecule has 0 radical (unpaired) electrons. The first-order valence-electron chi connectivity index (χ1n) is 9.20. The summed E-state index contributed by atoms with van der Waals surface area (Å²) in [5.41, 5.74) is 0.0895. The molecule has 2 rings (SSSR count). The molecule has 1 heterocycles. The Morgan fingerprint density at radius 2 is 1.46 bits per heavy atom. The van der Waals surface area contributed by atoms with Crippen LogP contribution in [0.4, 0.5) is 4.79 Å². The molecule has 0 bridgehead atoms. The molecular weight excluding hydrogens is 316 g/mol. The van der Waals surface area contributed by atoms with Gasteiger partial charge < -0.3 is 4.90 Å². The first kappa shape index (κ1) is 18.7. The Bertz CT molecular complexity index is 592. The Hall–Kier alpha value is -1.62. The van der Waals surface area contributed by atoms with E-state index < -0.39 is 13.8 Å². The number of likely N-dealkylation sites (N-methyl/N-ethyl adjacent to an activating group) is 1. The molecule has 132 valence electrons. The number of carbonyl (C=O) groups excluding carboxylic acids is 2. The zero-order valence-electron chi connectivity index (χ0n) is 15.6. The summed E-state index contributed by atoms with van der Waals surface area (Å²) in [6.07, 6.45) is 0.605. The van der Waals surface area contributed by atoms with Crippen molar-refractivity contribution in [2.24, 2.45) is 0 Å². The molecule has 3 amide bonds. The van der Waals surface area contributed by atoms with Crippen molar-refractivity contribution < 1.29 is 9.59 Å². The number of hydrogen-bond acceptors (Lipinski definition) is 2. The van der Waals surface area contributed by atoms with E-state index in [1.165, 1.54) is 0 Å². The zero-order chi connectivity index (χ0) is 18.0. The first-order valence-corrected chi connectivity index (χ1v) is 11.8. The van der Waals surface area contributed by atoms with Crippen molar-refractivity contribution in [1.82, 2.24) is 9.47 Å². The van der Waals surface area contributed by atoms with Gasteiger partial charge in [-0.1, -0.05) is 58.0 Å². The highest BCUT2D eigenvalue weighted by molar-refractivity contribution is 6.81. The van der Waals surface area contributed by atoms with E-state index in [0.29, 0.717) is 13.0 Å². The average Bonchev–Trinajstić information content (AvgIpc) is 2.86. The third-order valence-electron chi connectivity index (χ3n) is 5.97. The molecule has 1 unspecified atom stereocenters. The second-order valence-corrected chi connectivity index (χ2v) is 11.5. The smallest absolute Gasteiger partial charge is 0.306 e. The number of carbonyl (C=O) groups is 2. The monoisotopic (exact) mass is 346 g/mol. The molecule has 0 N–H and O–H groups in total. The fraction of sp³-hybridized carbons (Fsp3) is 0.579. The SMILES string of the molecule is CCN1C(=O)N([Si](CC)(CC)CC)C(=O)C1(CC)c1ccccc1. The van der Waals surface area contributed by atoms with Crippen LogP contribution in [0.3, 0.4) is 0 Å². The predicted molar refractivity (Wildman–Crippen MR) is 100 cm³/mol. The molecule has 4 nitrogen and oxygen atoms in total. The van der Waals surface area contributed by atoms with E-state index in [-0.39, 0.29) is 11.9 Å². The van der Waals surface area contributed by atoms with Gasteiger partial charge in [-0.2, -0.15) is 0 Å². The quantitative estimate of drug-likeness (QED) is 0.535. The van der Waals surface area contributed by atoms with Crippen LogP contribution in [0.2, 0.25) is 18.1 Å². The summed E-state index contributed by atoms with van der Waals surface area (Å²) < 4.78 is 1.72. The van der Waals surface area contributed by atoms with Crippen LogP contribution in [-0.4, -0.2) is 36.2 Å². The fourth-order valence-corrected chi connectivity index (χ4v) is 7.85. The molecule has 0 saturated carbocycles. The fourth-order valence-electron chi connectivity index (χ4n) is 4.26. The van der Waals surface area contributed by atoms with Crippen molar-refractivity contribution in [2.75, 3.05) is 6.54 Å². The third-order valence-corrected chi connectivity index (χ3v) is 11.3. The second-order valence-electron chi connectivity index (χ2n) is 6.53. The van der Waals surface area contributed by atoms with Gasteiger partial charge in [0.25, 0.3) is 5.91 Å². The number of imide groups is 1. The van der Waals surface area contributed by atoms with Crippen LogP contribution in [0, 0.1) is 0 Å². The van der Waals surface area contributed by atoms with E-state index in [0.717, 1.165) is 23.7 Å². The number of benzene rings is 1. The Balaban J connectivity index is 2.66. The maximum atomic E-state index is 13.7. The molecular formula is C19H30N2O2Si. The van der Waals surface area contributed by atoms with Crippen LogP contribution in [-0.2, 0) is 10.3 Å². The Morgan fingerprint density at radius 1 is 0.917 bits per heavy atom. The van der Waals surface area contributed by atoms with Crippen LogP contribution < -0.4 is 0 Å². The van der Waals surface area contributed by atoms with Gasteiger partial charge in [-0.15, -0.1) is 0 Å². The number of amides is 3. The summed E-state index contributed by atoms with van der Waals surface area (Å²) in [6.45, 7) is 10.9. The van der Waals surface area contributed by atoms with Gasteiger partial charge in [-0.25, -0.2) is 4.79 Å². The highest BCUT2D eigenvalue weighted by Crippen LogP contribution is 2.44. The standard InChI is InChI=1S/C19H30N2O2Si/c1-6-19(16-14-12-11-13-15-16)17(22)21(18(23)20(19)7-2)24(8-3,9-4)10-5/h11-15H,6-10H2,1-5H3. The predicted octanol–water partition coefficient (Wildman–Crippen LogP) is 4.58. The van der Waals surface area contributed by atoms with Crippen LogP contribution in [0.25, 0.3) is 0 Å². The molecule has 1 saturated heterocycles. The van der Waals surface area contributed by atoms with Crippen molar-refractivity contribution in [1.29, 1.82) is 0 Å². The first-order chi connectivity index (χ1) is 11.5. The van der Waals surface area contributed by atoms with Crippen molar-refractivity contribution in [3.05, 3.63) is 35.9 Å². The molecule has 1 aromatic carbocycles. The largest absolute Gasteiger partial charge is 0.319 e. The molecule has 1 atom stereocenters. The molecule has 1 aliphatic heterocycles. The molecule has 0 spiro atoms. The van der Waals surface area contributed by atoms with Gasteiger partial charge in [0.1, 0.15) is 5.54 Å². The molecule has 24 heavy (non-hydrogen) atoms. The number of hydrogen-bond donors (Lipinski definition) is 0. The summed E-state index contributed by atoms with van der Waals surface area (Å²) in [5, 5.41) is 0. The molecule has 5 heteroatoms. The Kier molecular flexibility index (Phi) is 5.53. The van der Waals surface area contributed by atoms with Crippen molar-refractivity contribution in [3.8, 4) is 0 Å². The normalized spacial score (nSPS) is 21.7. The summed E-state index contributed by atoms with van der Waals surface area (Å²) in [7, 11) is -2.11. The van der Waals surface area contributed by atoms with Gasteiger partial charge in [-0.05, 0) is 37.0 Å². The van der Waals surface area contributed by atoms with E-state index in [4.69, 9.17) is 0 Å². The minimum Gasteiger partial charge on any atom is -0.306 e. The molecule has 1 aliphatic rings. The van der Waals surface area contributed by atoms with Gasteiger partial charge >= 0.3 is 6.03 Å². The van der Waals surface area contributed by atoms with Crippen LogP contribution in [0.1, 0.15) is 46.6 Å². The Labute approximate surface area is 146 Å². The van der Waals surface area contributed by atoms with Crippen molar-refractivity contribution >= 4 is 20.2 Å². The topological polar surface area (TPSA) is 40.6 Å². The maximum Gasteiger partial charge on any atom is 0.319 e. The van der Waals surface area contributed by atoms with E-state index in [1.807, 2.05) is 44.2 Å². The minimum absolute atomic E-state index is 0.000247. The van der Waals surface area contributed by atoms with Gasteiger partial charge in [0.2, 0.25) is 0 Å². The third kappa shape index (κ3) is 2.41. The van der Waals surface area contributed by atoms with E-state index >= 15 is 0 Å². The maximum absolute atomic E-state index is 13.7. The number of nitrogens with zero attached hydrogens (tertiary/aromatic N) is 2. The van der Waals surface area contributed by atoms with Gasteiger partial charge in [0.15, 0.2) is 8.24 Å². The summed E-state index contributed by atoms with van der Waals surface area (Å²) >= 11 is 0. The molecule has 0 aromatic heterocycles. The lowest BCUT2D eigenvalue weighted by molar-refractivity contribution is -0.131. The van der Waals surface area contributed by atoms with Crippen LogP contribution in [0.15, 0.2) is 30.3 Å². The molecule has 0 aliphatic carbocycles.